The van der Waals surface area contributed by atoms with Crippen molar-refractivity contribution in [2.45, 2.75) is 46.5 Å². The summed E-state index contributed by atoms with van der Waals surface area (Å²) in [6, 6.07) is 19.7. The zero-order valence-electron chi connectivity index (χ0n) is 12.7. The molecular formula is C19H26. The van der Waals surface area contributed by atoms with Gasteiger partial charge in [-0.05, 0) is 24.5 Å². The second-order valence-electron chi connectivity index (χ2n) is 4.67. The Morgan fingerprint density at radius 3 is 2.05 bits per heavy atom. The standard InChI is InChI=1S/C17H20.C2H6/c1-3-8-17(15-10-5-4-6-11-15)16-12-7-9-14(2)13-16;1-2/h4-7,9-13,17H,3,8H2,1-2H3;1-2H3. The molecule has 0 aliphatic rings. The summed E-state index contributed by atoms with van der Waals surface area (Å²) in [5.74, 6) is 0.543. The van der Waals surface area contributed by atoms with Gasteiger partial charge in [0.25, 0.3) is 0 Å². The molecule has 0 heterocycles. The lowest BCUT2D eigenvalue weighted by Crippen LogP contribution is -2.00. The van der Waals surface area contributed by atoms with E-state index in [1.807, 2.05) is 13.8 Å². The maximum absolute atomic E-state index is 2.31. The number of rotatable bonds is 4. The average molecular weight is 254 g/mol. The van der Waals surface area contributed by atoms with E-state index < -0.39 is 0 Å². The molecule has 0 aromatic heterocycles. The Hall–Kier alpha value is -1.56. The van der Waals surface area contributed by atoms with E-state index in [4.69, 9.17) is 0 Å². The van der Waals surface area contributed by atoms with Crippen LogP contribution in [-0.2, 0) is 0 Å². The molecule has 0 nitrogen and oxygen atoms in total. The zero-order chi connectivity index (χ0) is 14.1. The molecule has 0 saturated heterocycles. The van der Waals surface area contributed by atoms with Crippen molar-refractivity contribution < 1.29 is 0 Å². The van der Waals surface area contributed by atoms with Crippen molar-refractivity contribution in [1.29, 1.82) is 0 Å². The van der Waals surface area contributed by atoms with Crippen LogP contribution in [0.4, 0.5) is 0 Å². The molecule has 0 aliphatic carbocycles. The summed E-state index contributed by atoms with van der Waals surface area (Å²) in [5.41, 5.74) is 4.22. The molecule has 0 amide bonds. The summed E-state index contributed by atoms with van der Waals surface area (Å²) >= 11 is 0. The van der Waals surface area contributed by atoms with Crippen LogP contribution in [0.2, 0.25) is 0 Å². The van der Waals surface area contributed by atoms with E-state index in [9.17, 15) is 0 Å². The van der Waals surface area contributed by atoms with Crippen molar-refractivity contribution in [2.75, 3.05) is 0 Å². The smallest absolute Gasteiger partial charge is 0.00893 e. The van der Waals surface area contributed by atoms with Crippen molar-refractivity contribution in [2.24, 2.45) is 0 Å². The van der Waals surface area contributed by atoms with Gasteiger partial charge in [0.1, 0.15) is 0 Å². The molecule has 0 saturated carbocycles. The van der Waals surface area contributed by atoms with Crippen LogP contribution in [0.5, 0.6) is 0 Å². The Morgan fingerprint density at radius 1 is 0.842 bits per heavy atom. The van der Waals surface area contributed by atoms with Gasteiger partial charge in [0.2, 0.25) is 0 Å². The maximum atomic E-state index is 2.31. The second kappa shape index (κ2) is 8.53. The van der Waals surface area contributed by atoms with Crippen molar-refractivity contribution in [3.8, 4) is 0 Å². The summed E-state index contributed by atoms with van der Waals surface area (Å²) in [7, 11) is 0. The van der Waals surface area contributed by atoms with Gasteiger partial charge in [-0.1, -0.05) is 87.4 Å². The monoisotopic (exact) mass is 254 g/mol. The highest BCUT2D eigenvalue weighted by Crippen LogP contribution is 2.29. The molecule has 0 N–H and O–H groups in total. The normalized spacial score (nSPS) is 11.4. The fourth-order valence-corrected chi connectivity index (χ4v) is 2.39. The van der Waals surface area contributed by atoms with Crippen LogP contribution < -0.4 is 0 Å². The van der Waals surface area contributed by atoms with E-state index in [0.29, 0.717) is 5.92 Å². The van der Waals surface area contributed by atoms with Gasteiger partial charge in [0.05, 0.1) is 0 Å². The van der Waals surface area contributed by atoms with Gasteiger partial charge in [-0.25, -0.2) is 0 Å². The van der Waals surface area contributed by atoms with E-state index in [1.54, 1.807) is 0 Å². The maximum Gasteiger partial charge on any atom is 0.00893 e. The Kier molecular flexibility index (Phi) is 6.95. The highest BCUT2D eigenvalue weighted by molar-refractivity contribution is 5.34. The SMILES string of the molecule is CC.CCCC(c1ccccc1)c1cccc(C)c1. The highest BCUT2D eigenvalue weighted by Gasteiger charge is 2.12. The molecule has 0 bridgehead atoms. The first-order chi connectivity index (χ1) is 9.31. The summed E-state index contributed by atoms with van der Waals surface area (Å²) in [5, 5.41) is 0. The van der Waals surface area contributed by atoms with Crippen molar-refractivity contribution in [3.05, 3.63) is 71.3 Å². The molecule has 0 aliphatic heterocycles. The van der Waals surface area contributed by atoms with Crippen molar-refractivity contribution >= 4 is 0 Å². The molecule has 0 fully saturated rings. The molecule has 2 rings (SSSR count). The second-order valence-corrected chi connectivity index (χ2v) is 4.67. The summed E-state index contributed by atoms with van der Waals surface area (Å²) in [6.45, 7) is 8.42. The molecule has 0 heteroatoms. The molecule has 102 valence electrons. The van der Waals surface area contributed by atoms with E-state index >= 15 is 0 Å². The van der Waals surface area contributed by atoms with E-state index in [2.05, 4.69) is 68.4 Å². The highest BCUT2D eigenvalue weighted by atomic mass is 14.2. The van der Waals surface area contributed by atoms with Crippen LogP contribution in [0.15, 0.2) is 54.6 Å². The summed E-state index contributed by atoms with van der Waals surface area (Å²) in [4.78, 5) is 0. The number of benzene rings is 2. The molecular weight excluding hydrogens is 228 g/mol. The first kappa shape index (κ1) is 15.5. The van der Waals surface area contributed by atoms with Crippen LogP contribution in [0.25, 0.3) is 0 Å². The fourth-order valence-electron chi connectivity index (χ4n) is 2.39. The number of aryl methyl sites for hydroxylation is 1. The minimum absolute atomic E-state index is 0.543. The van der Waals surface area contributed by atoms with Crippen molar-refractivity contribution in [3.63, 3.8) is 0 Å². The Morgan fingerprint density at radius 2 is 1.47 bits per heavy atom. The first-order valence-electron chi connectivity index (χ1n) is 7.42. The van der Waals surface area contributed by atoms with Gasteiger partial charge in [-0.3, -0.25) is 0 Å². The Balaban J connectivity index is 0.000000861. The predicted octanol–water partition coefficient (Wildman–Crippen LogP) is 5.95. The molecule has 0 radical (unpaired) electrons. The Bertz CT molecular complexity index is 456. The third kappa shape index (κ3) is 4.55. The van der Waals surface area contributed by atoms with Gasteiger partial charge < -0.3 is 0 Å². The van der Waals surface area contributed by atoms with Crippen LogP contribution in [0, 0.1) is 6.92 Å². The van der Waals surface area contributed by atoms with E-state index in [-0.39, 0.29) is 0 Å². The van der Waals surface area contributed by atoms with Gasteiger partial charge in [-0.2, -0.15) is 0 Å². The van der Waals surface area contributed by atoms with E-state index in [0.717, 1.165) is 0 Å². The molecule has 2 aromatic carbocycles. The zero-order valence-corrected chi connectivity index (χ0v) is 12.7. The van der Waals surface area contributed by atoms with Crippen LogP contribution in [-0.4, -0.2) is 0 Å². The third-order valence-corrected chi connectivity index (χ3v) is 3.22. The average Bonchev–Trinajstić information content (AvgIpc) is 2.48. The molecule has 1 atom stereocenters. The van der Waals surface area contributed by atoms with Crippen LogP contribution >= 0.6 is 0 Å². The largest absolute Gasteiger partial charge is 0.0683 e. The summed E-state index contributed by atoms with van der Waals surface area (Å²) < 4.78 is 0. The number of hydrogen-bond acceptors (Lipinski definition) is 0. The lowest BCUT2D eigenvalue weighted by Gasteiger charge is -2.17. The fraction of sp³-hybridized carbons (Fsp3) is 0.368. The minimum Gasteiger partial charge on any atom is -0.0683 e. The molecule has 1 unspecified atom stereocenters. The molecule has 19 heavy (non-hydrogen) atoms. The number of hydrogen-bond donors (Lipinski definition) is 0. The van der Waals surface area contributed by atoms with Gasteiger partial charge in [0.15, 0.2) is 0 Å². The quantitative estimate of drug-likeness (QED) is 0.632. The van der Waals surface area contributed by atoms with Gasteiger partial charge in [-0.15, -0.1) is 0 Å². The van der Waals surface area contributed by atoms with Gasteiger partial charge >= 0.3 is 0 Å². The topological polar surface area (TPSA) is 0 Å². The van der Waals surface area contributed by atoms with Crippen LogP contribution in [0.1, 0.15) is 56.2 Å². The lowest BCUT2D eigenvalue weighted by molar-refractivity contribution is 0.698. The Labute approximate surface area is 118 Å². The third-order valence-electron chi connectivity index (χ3n) is 3.22. The van der Waals surface area contributed by atoms with Gasteiger partial charge in [0, 0.05) is 5.92 Å². The molecule has 2 aromatic rings. The lowest BCUT2D eigenvalue weighted by atomic mass is 9.87. The molecule has 0 spiro atoms. The minimum atomic E-state index is 0.543. The van der Waals surface area contributed by atoms with E-state index in [1.165, 1.54) is 29.5 Å². The predicted molar refractivity (Wildman–Crippen MR) is 85.7 cm³/mol. The summed E-state index contributed by atoms with van der Waals surface area (Å²) in [6.07, 6.45) is 2.43. The first-order valence-corrected chi connectivity index (χ1v) is 7.42. The van der Waals surface area contributed by atoms with Crippen molar-refractivity contribution in [1.82, 2.24) is 0 Å². The van der Waals surface area contributed by atoms with Crippen LogP contribution in [0.3, 0.4) is 0 Å².